The first-order chi connectivity index (χ1) is 16.4. The van der Waals surface area contributed by atoms with Crippen molar-refractivity contribution in [3.8, 4) is 0 Å². The minimum absolute atomic E-state index is 0.314. The molecule has 1 aliphatic rings. The van der Waals surface area contributed by atoms with Crippen molar-refractivity contribution in [2.24, 2.45) is 11.3 Å². The minimum atomic E-state index is -1.95. The molecule has 1 aliphatic carbocycles. The lowest BCUT2D eigenvalue weighted by Crippen LogP contribution is -2.26. The van der Waals surface area contributed by atoms with E-state index in [2.05, 4.69) is 149 Å². The molecule has 3 aromatic rings. The van der Waals surface area contributed by atoms with Gasteiger partial charge in [-0.15, -0.1) is 0 Å². The van der Waals surface area contributed by atoms with E-state index in [0.717, 1.165) is 0 Å². The monoisotopic (exact) mass is 464 g/mol. The van der Waals surface area contributed by atoms with Gasteiger partial charge in [-0.2, -0.15) is 0 Å². The first-order valence-electron chi connectivity index (χ1n) is 12.4. The lowest BCUT2D eigenvalue weighted by molar-refractivity contribution is 0.255. The molecule has 4 rings (SSSR count). The minimum Gasteiger partial charge on any atom is -0.0850 e. The number of rotatable bonds is 6. The van der Waals surface area contributed by atoms with Crippen LogP contribution in [0.4, 0.5) is 0 Å². The molecule has 0 fully saturated rings. The zero-order valence-electron chi connectivity index (χ0n) is 21.0. The SMILES string of the molecule is CC1=CCCC(C)(C)C1/C=C/C(C)=C/C=P(c1ccccc1)(c1ccccc1)c1ccccc1. The Morgan fingerprint density at radius 3 is 1.71 bits per heavy atom. The van der Waals surface area contributed by atoms with E-state index in [-0.39, 0.29) is 0 Å². The molecule has 1 atom stereocenters. The Morgan fingerprint density at radius 1 is 0.794 bits per heavy atom. The van der Waals surface area contributed by atoms with Crippen LogP contribution in [0.3, 0.4) is 0 Å². The Bertz CT molecular complexity index is 1120. The summed E-state index contributed by atoms with van der Waals surface area (Å²) >= 11 is 0. The van der Waals surface area contributed by atoms with Gasteiger partial charge in [0.15, 0.2) is 0 Å². The highest BCUT2D eigenvalue weighted by Crippen LogP contribution is 2.44. The summed E-state index contributed by atoms with van der Waals surface area (Å²) in [4.78, 5) is 0. The smallest absolute Gasteiger partial charge is 0.00285 e. The van der Waals surface area contributed by atoms with Crippen molar-refractivity contribution in [2.45, 2.75) is 40.5 Å². The Hall–Kier alpha value is -2.82. The first-order valence-corrected chi connectivity index (χ1v) is 14.2. The van der Waals surface area contributed by atoms with Crippen LogP contribution in [-0.4, -0.2) is 5.80 Å². The summed E-state index contributed by atoms with van der Waals surface area (Å²) in [6.07, 6.45) is 12.0. The van der Waals surface area contributed by atoms with Gasteiger partial charge in [-0.25, -0.2) is 0 Å². The molecule has 0 radical (unpaired) electrons. The third-order valence-electron chi connectivity index (χ3n) is 7.19. The molecule has 0 N–H and O–H groups in total. The van der Waals surface area contributed by atoms with Crippen LogP contribution in [0.1, 0.15) is 40.5 Å². The molecule has 3 aromatic carbocycles. The molecule has 1 unspecified atom stereocenters. The maximum atomic E-state index is 2.50. The molecular weight excluding hydrogens is 427 g/mol. The second-order valence-corrected chi connectivity index (χ2v) is 13.4. The third-order valence-corrected chi connectivity index (χ3v) is 11.1. The Morgan fingerprint density at radius 2 is 1.26 bits per heavy atom. The van der Waals surface area contributed by atoms with Crippen LogP contribution >= 0.6 is 6.89 Å². The number of hydrogen-bond donors (Lipinski definition) is 0. The second-order valence-electron chi connectivity index (χ2n) is 10.1. The fraction of sp³-hybridized carbons (Fsp3) is 0.242. The summed E-state index contributed by atoms with van der Waals surface area (Å²) in [6.45, 7) is 7.38. The van der Waals surface area contributed by atoms with Crippen molar-refractivity contribution in [3.63, 3.8) is 0 Å². The standard InChI is InChI=1S/C33H37P/c1-27(22-23-32-28(2)15-14-25-33(32,3)4)24-26-34(29-16-8-5-9-17-29,30-18-10-6-11-19-30)31-20-12-7-13-21-31/h5-13,15-24,26,32H,14,25H2,1-4H3/b23-22+,27-24+. The van der Waals surface area contributed by atoms with Crippen molar-refractivity contribution >= 4 is 28.6 Å². The van der Waals surface area contributed by atoms with Crippen molar-refractivity contribution in [2.75, 3.05) is 0 Å². The summed E-state index contributed by atoms with van der Waals surface area (Å²) in [6, 6.07) is 33.1. The van der Waals surface area contributed by atoms with Crippen molar-refractivity contribution < 1.29 is 0 Å². The van der Waals surface area contributed by atoms with Crippen molar-refractivity contribution in [1.29, 1.82) is 0 Å². The van der Waals surface area contributed by atoms with Crippen LogP contribution in [0.2, 0.25) is 0 Å². The quantitative estimate of drug-likeness (QED) is 0.199. The van der Waals surface area contributed by atoms with Gasteiger partial charge >= 0.3 is 0 Å². The second kappa shape index (κ2) is 10.6. The predicted octanol–water partition coefficient (Wildman–Crippen LogP) is 7.67. The van der Waals surface area contributed by atoms with Crippen LogP contribution < -0.4 is 15.9 Å². The fourth-order valence-electron chi connectivity index (χ4n) is 5.21. The third kappa shape index (κ3) is 5.13. The van der Waals surface area contributed by atoms with Gasteiger partial charge in [-0.1, -0.05) is 146 Å². The topological polar surface area (TPSA) is 0 Å². The van der Waals surface area contributed by atoms with E-state index in [1.165, 1.54) is 39.9 Å². The summed E-state index contributed by atoms with van der Waals surface area (Å²) in [7, 11) is 0. The number of benzene rings is 3. The van der Waals surface area contributed by atoms with Gasteiger partial charge in [-0.3, -0.25) is 0 Å². The van der Waals surface area contributed by atoms with E-state index in [0.29, 0.717) is 11.3 Å². The molecule has 0 spiro atoms. The normalized spacial score (nSPS) is 18.5. The number of hydrogen-bond acceptors (Lipinski definition) is 0. The largest absolute Gasteiger partial charge is 0.0850 e. The van der Waals surface area contributed by atoms with Crippen molar-refractivity contribution in [1.82, 2.24) is 0 Å². The Kier molecular flexibility index (Phi) is 7.60. The van der Waals surface area contributed by atoms with E-state index in [9.17, 15) is 0 Å². The molecule has 1 heteroatoms. The molecular formula is C33H37P. The Labute approximate surface area is 206 Å². The number of allylic oxidation sites excluding steroid dienone is 6. The van der Waals surface area contributed by atoms with Crippen LogP contribution in [0.15, 0.2) is 126 Å². The molecule has 0 saturated heterocycles. The molecule has 0 saturated carbocycles. The van der Waals surface area contributed by atoms with Crippen molar-refractivity contribution in [3.05, 3.63) is 126 Å². The van der Waals surface area contributed by atoms with Crippen LogP contribution in [0, 0.1) is 11.3 Å². The van der Waals surface area contributed by atoms with E-state index in [1.54, 1.807) is 0 Å². The van der Waals surface area contributed by atoms with Crippen LogP contribution in [0.25, 0.3) is 0 Å². The van der Waals surface area contributed by atoms with E-state index in [1.807, 2.05) is 0 Å². The lowest BCUT2D eigenvalue weighted by atomic mass is 9.68. The van der Waals surface area contributed by atoms with Crippen LogP contribution in [-0.2, 0) is 0 Å². The summed E-state index contributed by atoms with van der Waals surface area (Å²) in [5, 5.41) is 4.15. The average Bonchev–Trinajstić information content (AvgIpc) is 2.86. The van der Waals surface area contributed by atoms with Gasteiger partial charge in [0.1, 0.15) is 0 Å². The van der Waals surface area contributed by atoms with E-state index >= 15 is 0 Å². The summed E-state index contributed by atoms with van der Waals surface area (Å²) in [5.74, 6) is 3.00. The summed E-state index contributed by atoms with van der Waals surface area (Å²) in [5.41, 5.74) is 3.11. The van der Waals surface area contributed by atoms with Gasteiger partial charge in [-0.05, 0) is 54.9 Å². The van der Waals surface area contributed by atoms with Crippen LogP contribution in [0.5, 0.6) is 0 Å². The molecule has 0 aromatic heterocycles. The van der Waals surface area contributed by atoms with E-state index < -0.39 is 6.89 Å². The Balaban J connectivity index is 1.86. The van der Waals surface area contributed by atoms with Gasteiger partial charge in [0.2, 0.25) is 0 Å². The maximum absolute atomic E-state index is 2.50. The van der Waals surface area contributed by atoms with Gasteiger partial charge in [0.05, 0.1) is 0 Å². The molecule has 0 bridgehead atoms. The average molecular weight is 465 g/mol. The predicted molar refractivity (Wildman–Crippen MR) is 154 cm³/mol. The maximum Gasteiger partial charge on any atom is 0.00285 e. The highest BCUT2D eigenvalue weighted by Gasteiger charge is 2.30. The van der Waals surface area contributed by atoms with Gasteiger partial charge in [0.25, 0.3) is 0 Å². The fourth-order valence-corrected chi connectivity index (χ4v) is 9.01. The zero-order valence-corrected chi connectivity index (χ0v) is 21.9. The zero-order chi connectivity index (χ0) is 24.0. The lowest BCUT2D eigenvalue weighted by Gasteiger charge is -2.36. The molecule has 0 amide bonds. The molecule has 0 aliphatic heterocycles. The van der Waals surface area contributed by atoms with E-state index in [4.69, 9.17) is 0 Å². The first kappa shape index (κ1) is 24.3. The molecule has 0 nitrogen and oxygen atoms in total. The molecule has 34 heavy (non-hydrogen) atoms. The van der Waals surface area contributed by atoms with Gasteiger partial charge in [0, 0.05) is 5.92 Å². The summed E-state index contributed by atoms with van der Waals surface area (Å²) < 4.78 is 0. The van der Waals surface area contributed by atoms with Gasteiger partial charge < -0.3 is 0 Å². The molecule has 174 valence electrons. The molecule has 0 heterocycles. The highest BCUT2D eigenvalue weighted by molar-refractivity contribution is 7.94. The highest BCUT2D eigenvalue weighted by atomic mass is 31.2.